The second kappa shape index (κ2) is 9.75. The second-order valence-corrected chi connectivity index (χ2v) is 7.85. The molecule has 2 heterocycles. The van der Waals surface area contributed by atoms with Gasteiger partial charge in [0.1, 0.15) is 11.6 Å². The number of rotatable bonds is 6. The summed E-state index contributed by atoms with van der Waals surface area (Å²) in [7, 11) is 3.58. The number of aromatic nitrogens is 1. The number of benzene rings is 2. The SMILES string of the molecule is COc1ccc(C(=O)/C=C/c2cc(-c3cccnc3)ccc2N2CCN(C)CC2)c(F)c1. The van der Waals surface area contributed by atoms with E-state index in [2.05, 4.69) is 40.0 Å². The first-order chi connectivity index (χ1) is 15.5. The summed E-state index contributed by atoms with van der Waals surface area (Å²) >= 11 is 0. The number of carbonyl (C=O) groups excluding carboxylic acids is 1. The van der Waals surface area contributed by atoms with Crippen LogP contribution in [0.2, 0.25) is 0 Å². The maximum Gasteiger partial charge on any atom is 0.188 e. The Hall–Kier alpha value is -3.51. The third kappa shape index (κ3) is 4.86. The van der Waals surface area contributed by atoms with Crippen LogP contribution in [0.4, 0.5) is 10.1 Å². The topological polar surface area (TPSA) is 45.7 Å². The summed E-state index contributed by atoms with van der Waals surface area (Å²) in [6, 6.07) is 14.4. The minimum atomic E-state index is -0.595. The van der Waals surface area contributed by atoms with Gasteiger partial charge in [-0.25, -0.2) is 4.39 Å². The quantitative estimate of drug-likeness (QED) is 0.423. The Kier molecular flexibility index (Phi) is 6.61. The molecule has 1 fully saturated rings. The van der Waals surface area contributed by atoms with Crippen molar-refractivity contribution < 1.29 is 13.9 Å². The highest BCUT2D eigenvalue weighted by molar-refractivity contribution is 6.07. The van der Waals surface area contributed by atoms with E-state index in [1.54, 1.807) is 18.3 Å². The van der Waals surface area contributed by atoms with Gasteiger partial charge in [0, 0.05) is 55.9 Å². The van der Waals surface area contributed by atoms with Crippen LogP contribution in [-0.2, 0) is 0 Å². The predicted molar refractivity (Wildman–Crippen MR) is 126 cm³/mol. The molecular weight excluding hydrogens is 405 g/mol. The van der Waals surface area contributed by atoms with E-state index in [1.807, 2.05) is 18.3 Å². The van der Waals surface area contributed by atoms with Gasteiger partial charge in [0.05, 0.1) is 12.7 Å². The molecule has 32 heavy (non-hydrogen) atoms. The summed E-state index contributed by atoms with van der Waals surface area (Å²) < 4.78 is 19.4. The molecule has 1 aliphatic rings. The molecule has 5 nitrogen and oxygen atoms in total. The molecule has 6 heteroatoms. The molecule has 0 bridgehead atoms. The number of ether oxygens (including phenoxy) is 1. The van der Waals surface area contributed by atoms with E-state index >= 15 is 0 Å². The van der Waals surface area contributed by atoms with Gasteiger partial charge in [0.2, 0.25) is 0 Å². The Balaban J connectivity index is 1.67. The normalized spacial score (nSPS) is 14.7. The Morgan fingerprint density at radius 3 is 2.56 bits per heavy atom. The molecule has 0 aliphatic carbocycles. The number of hydrogen-bond donors (Lipinski definition) is 0. The van der Waals surface area contributed by atoms with Gasteiger partial charge in [-0.05, 0) is 60.7 Å². The number of anilines is 1. The molecule has 0 radical (unpaired) electrons. The molecule has 3 aromatic rings. The monoisotopic (exact) mass is 431 g/mol. The van der Waals surface area contributed by atoms with Gasteiger partial charge < -0.3 is 14.5 Å². The number of likely N-dealkylation sites (N-methyl/N-ethyl adjacent to an activating group) is 1. The van der Waals surface area contributed by atoms with Crippen molar-refractivity contribution in [1.29, 1.82) is 0 Å². The van der Waals surface area contributed by atoms with Crippen LogP contribution in [0.25, 0.3) is 17.2 Å². The molecule has 164 valence electrons. The van der Waals surface area contributed by atoms with Crippen LogP contribution in [0.3, 0.4) is 0 Å². The van der Waals surface area contributed by atoms with Crippen LogP contribution in [0.15, 0.2) is 67.0 Å². The highest BCUT2D eigenvalue weighted by atomic mass is 19.1. The fourth-order valence-corrected chi connectivity index (χ4v) is 3.81. The van der Waals surface area contributed by atoms with Crippen LogP contribution in [0.1, 0.15) is 15.9 Å². The Labute approximate surface area is 187 Å². The fourth-order valence-electron chi connectivity index (χ4n) is 3.81. The summed E-state index contributed by atoms with van der Waals surface area (Å²) in [5.74, 6) is -0.604. The van der Waals surface area contributed by atoms with Crippen molar-refractivity contribution in [3.05, 3.63) is 83.9 Å². The van der Waals surface area contributed by atoms with Crippen molar-refractivity contribution in [2.24, 2.45) is 0 Å². The number of hydrogen-bond acceptors (Lipinski definition) is 5. The predicted octanol–water partition coefficient (Wildman–Crippen LogP) is 4.54. The highest BCUT2D eigenvalue weighted by Gasteiger charge is 2.17. The van der Waals surface area contributed by atoms with E-state index < -0.39 is 5.82 Å². The van der Waals surface area contributed by atoms with Gasteiger partial charge in [0.15, 0.2) is 5.78 Å². The zero-order valence-electron chi connectivity index (χ0n) is 18.3. The summed E-state index contributed by atoms with van der Waals surface area (Å²) in [6.07, 6.45) is 6.77. The number of allylic oxidation sites excluding steroid dienone is 1. The molecule has 0 unspecified atom stereocenters. The third-order valence-corrected chi connectivity index (χ3v) is 5.72. The van der Waals surface area contributed by atoms with Crippen LogP contribution in [-0.4, -0.2) is 56.0 Å². The number of halogens is 1. The first-order valence-electron chi connectivity index (χ1n) is 10.6. The lowest BCUT2D eigenvalue weighted by Crippen LogP contribution is -2.44. The molecule has 0 atom stereocenters. The van der Waals surface area contributed by atoms with E-state index in [9.17, 15) is 9.18 Å². The smallest absolute Gasteiger partial charge is 0.188 e. The zero-order valence-corrected chi connectivity index (χ0v) is 18.3. The van der Waals surface area contributed by atoms with Crippen LogP contribution in [0, 0.1) is 5.82 Å². The number of methoxy groups -OCH3 is 1. The molecule has 1 saturated heterocycles. The van der Waals surface area contributed by atoms with Crippen molar-refractivity contribution in [1.82, 2.24) is 9.88 Å². The first kappa shape index (κ1) is 21.7. The molecule has 1 aromatic heterocycles. The molecule has 4 rings (SSSR count). The summed E-state index contributed by atoms with van der Waals surface area (Å²) in [6.45, 7) is 3.77. The maximum atomic E-state index is 14.4. The van der Waals surface area contributed by atoms with E-state index in [1.165, 1.54) is 25.3 Å². The van der Waals surface area contributed by atoms with Gasteiger partial charge in [-0.2, -0.15) is 0 Å². The third-order valence-electron chi connectivity index (χ3n) is 5.72. The number of pyridine rings is 1. The lowest BCUT2D eigenvalue weighted by molar-refractivity contribution is 0.104. The van der Waals surface area contributed by atoms with Crippen molar-refractivity contribution in [2.75, 3.05) is 45.2 Å². The molecule has 0 spiro atoms. The van der Waals surface area contributed by atoms with E-state index in [-0.39, 0.29) is 11.3 Å². The van der Waals surface area contributed by atoms with Gasteiger partial charge in [-0.3, -0.25) is 9.78 Å². The molecule has 0 amide bonds. The average Bonchev–Trinajstić information content (AvgIpc) is 2.83. The number of piperazine rings is 1. The van der Waals surface area contributed by atoms with Crippen molar-refractivity contribution in [2.45, 2.75) is 0 Å². The average molecular weight is 432 g/mol. The standard InChI is InChI=1S/C26H26FN3O2/c1-29-12-14-30(15-13-29)25-9-5-19(21-4-3-11-28-18-21)16-20(25)6-10-26(31)23-8-7-22(32-2)17-24(23)27/h3-11,16-18H,12-15H2,1-2H3/b10-6+. The van der Waals surface area contributed by atoms with Gasteiger partial charge >= 0.3 is 0 Å². The first-order valence-corrected chi connectivity index (χ1v) is 10.6. The van der Waals surface area contributed by atoms with Crippen LogP contribution < -0.4 is 9.64 Å². The zero-order chi connectivity index (χ0) is 22.5. The highest BCUT2D eigenvalue weighted by Crippen LogP contribution is 2.29. The van der Waals surface area contributed by atoms with Gasteiger partial charge in [-0.15, -0.1) is 0 Å². The fraction of sp³-hybridized carbons (Fsp3) is 0.231. The molecular formula is C26H26FN3O2. The van der Waals surface area contributed by atoms with Crippen LogP contribution >= 0.6 is 0 Å². The molecule has 2 aromatic carbocycles. The second-order valence-electron chi connectivity index (χ2n) is 7.85. The number of ketones is 1. The lowest BCUT2D eigenvalue weighted by Gasteiger charge is -2.35. The Morgan fingerprint density at radius 2 is 1.88 bits per heavy atom. The van der Waals surface area contributed by atoms with E-state index in [0.29, 0.717) is 5.75 Å². The Bertz CT molecular complexity index is 1120. The molecule has 1 aliphatic heterocycles. The summed E-state index contributed by atoms with van der Waals surface area (Å²) in [5.41, 5.74) is 4.01. The number of carbonyl (C=O) groups is 1. The maximum absolute atomic E-state index is 14.4. The van der Waals surface area contributed by atoms with Crippen molar-refractivity contribution in [3.63, 3.8) is 0 Å². The van der Waals surface area contributed by atoms with E-state index in [0.717, 1.165) is 48.6 Å². The minimum Gasteiger partial charge on any atom is -0.497 e. The van der Waals surface area contributed by atoms with Gasteiger partial charge in [0.25, 0.3) is 0 Å². The molecule has 0 N–H and O–H groups in total. The summed E-state index contributed by atoms with van der Waals surface area (Å²) in [5, 5.41) is 0. The van der Waals surface area contributed by atoms with Gasteiger partial charge in [-0.1, -0.05) is 12.1 Å². The lowest BCUT2D eigenvalue weighted by atomic mass is 10.0. The Morgan fingerprint density at radius 1 is 1.06 bits per heavy atom. The number of nitrogens with zero attached hydrogens (tertiary/aromatic N) is 3. The largest absolute Gasteiger partial charge is 0.497 e. The van der Waals surface area contributed by atoms with Crippen LogP contribution in [0.5, 0.6) is 5.75 Å². The summed E-state index contributed by atoms with van der Waals surface area (Å²) in [4.78, 5) is 21.6. The minimum absolute atomic E-state index is 0.0200. The van der Waals surface area contributed by atoms with Crippen molar-refractivity contribution in [3.8, 4) is 16.9 Å². The van der Waals surface area contributed by atoms with E-state index in [4.69, 9.17) is 4.74 Å². The molecule has 0 saturated carbocycles. The van der Waals surface area contributed by atoms with Crippen molar-refractivity contribution >= 4 is 17.5 Å².